The van der Waals surface area contributed by atoms with Crippen molar-refractivity contribution in [1.82, 2.24) is 10.2 Å². The third kappa shape index (κ3) is 2.65. The molecule has 4 saturated carbocycles. The van der Waals surface area contributed by atoms with Gasteiger partial charge in [-0.25, -0.2) is 4.79 Å². The summed E-state index contributed by atoms with van der Waals surface area (Å²) in [5.41, 5.74) is 0.569. The van der Waals surface area contributed by atoms with E-state index in [2.05, 4.69) is 11.4 Å². The van der Waals surface area contributed by atoms with Crippen LogP contribution in [-0.2, 0) is 10.3 Å². The van der Waals surface area contributed by atoms with Gasteiger partial charge in [-0.15, -0.1) is 0 Å². The first kappa shape index (κ1) is 17.7. The lowest BCUT2D eigenvalue weighted by molar-refractivity contribution is -0.131. The minimum absolute atomic E-state index is 0.174. The molecule has 6 rings (SSSR count). The number of carbonyl (C=O) groups excluding carboxylic acids is 2. The summed E-state index contributed by atoms with van der Waals surface area (Å²) >= 11 is 0. The van der Waals surface area contributed by atoms with Crippen LogP contribution in [0.4, 0.5) is 4.79 Å². The summed E-state index contributed by atoms with van der Waals surface area (Å²) in [5.74, 6) is 2.45. The Bertz CT molecular complexity index is 834. The lowest BCUT2D eigenvalue weighted by Crippen LogP contribution is -2.48. The second kappa shape index (κ2) is 6.07. The first-order valence-corrected chi connectivity index (χ1v) is 10.6. The van der Waals surface area contributed by atoms with Crippen molar-refractivity contribution in [2.75, 3.05) is 6.54 Å². The van der Waals surface area contributed by atoms with Crippen LogP contribution in [0.15, 0.2) is 24.3 Å². The molecule has 1 aromatic carbocycles. The Hall–Kier alpha value is -2.35. The highest BCUT2D eigenvalue weighted by atomic mass is 16.2. The Morgan fingerprint density at radius 1 is 1.07 bits per heavy atom. The molecule has 146 valence electrons. The van der Waals surface area contributed by atoms with E-state index in [4.69, 9.17) is 5.26 Å². The van der Waals surface area contributed by atoms with E-state index in [-0.39, 0.29) is 11.9 Å². The van der Waals surface area contributed by atoms with E-state index in [0.29, 0.717) is 17.5 Å². The molecule has 1 saturated heterocycles. The molecule has 28 heavy (non-hydrogen) atoms. The van der Waals surface area contributed by atoms with Gasteiger partial charge in [-0.1, -0.05) is 12.1 Å². The van der Waals surface area contributed by atoms with Gasteiger partial charge in [0.15, 0.2) is 0 Å². The number of benzene rings is 1. The smallest absolute Gasteiger partial charge is 0.319 e. The predicted molar refractivity (Wildman–Crippen MR) is 104 cm³/mol. The van der Waals surface area contributed by atoms with Crippen molar-refractivity contribution in [2.45, 2.75) is 57.4 Å². The molecular formula is C23H27N3O2. The number of urea groups is 1. The first-order chi connectivity index (χ1) is 13.4. The molecule has 5 heteroatoms. The average molecular weight is 377 g/mol. The van der Waals surface area contributed by atoms with Gasteiger partial charge in [0, 0.05) is 6.54 Å². The minimum Gasteiger partial charge on any atom is -0.319 e. The largest absolute Gasteiger partial charge is 0.325 e. The van der Waals surface area contributed by atoms with Crippen molar-refractivity contribution in [2.24, 2.45) is 23.2 Å². The molecule has 3 amide bonds. The van der Waals surface area contributed by atoms with Crippen molar-refractivity contribution in [1.29, 1.82) is 5.26 Å². The summed E-state index contributed by atoms with van der Waals surface area (Å²) in [4.78, 5) is 27.3. The van der Waals surface area contributed by atoms with Gasteiger partial charge in [-0.3, -0.25) is 9.69 Å². The number of carbonyl (C=O) groups is 2. The molecule has 4 bridgehead atoms. The Morgan fingerprint density at radius 2 is 1.64 bits per heavy atom. The number of rotatable bonds is 4. The van der Waals surface area contributed by atoms with Crippen LogP contribution >= 0.6 is 0 Å². The highest BCUT2D eigenvalue weighted by molar-refractivity contribution is 6.07. The Balaban J connectivity index is 1.32. The number of nitriles is 1. The molecule has 1 N–H and O–H groups in total. The van der Waals surface area contributed by atoms with Crippen LogP contribution in [0.25, 0.3) is 0 Å². The lowest BCUT2D eigenvalue weighted by Gasteiger charge is -2.57. The van der Waals surface area contributed by atoms with E-state index < -0.39 is 5.54 Å². The molecule has 1 atom stereocenters. The van der Waals surface area contributed by atoms with Gasteiger partial charge in [-0.2, -0.15) is 5.26 Å². The summed E-state index contributed by atoms with van der Waals surface area (Å²) in [7, 11) is 0. The van der Waals surface area contributed by atoms with Gasteiger partial charge in [0.25, 0.3) is 5.91 Å². The first-order valence-electron chi connectivity index (χ1n) is 10.6. The third-order valence-electron chi connectivity index (χ3n) is 7.90. The molecule has 1 aliphatic heterocycles. The molecule has 1 heterocycles. The molecule has 0 radical (unpaired) electrons. The van der Waals surface area contributed by atoms with E-state index >= 15 is 0 Å². The van der Waals surface area contributed by atoms with Crippen LogP contribution in [0.5, 0.6) is 0 Å². The normalized spacial score (nSPS) is 38.6. The molecular weight excluding hydrogens is 350 g/mol. The molecule has 5 nitrogen and oxygen atoms in total. The summed E-state index contributed by atoms with van der Waals surface area (Å²) in [5, 5.41) is 11.9. The minimum atomic E-state index is -1.05. The van der Waals surface area contributed by atoms with Crippen molar-refractivity contribution in [3.05, 3.63) is 35.4 Å². The van der Waals surface area contributed by atoms with Crippen molar-refractivity contribution >= 4 is 11.9 Å². The summed E-state index contributed by atoms with van der Waals surface area (Å²) in [6, 6.07) is 8.71. The average Bonchev–Trinajstić information content (AvgIpc) is 2.88. The lowest BCUT2D eigenvalue weighted by atomic mass is 9.49. The zero-order valence-electron chi connectivity index (χ0n) is 16.4. The van der Waals surface area contributed by atoms with Gasteiger partial charge < -0.3 is 5.32 Å². The topological polar surface area (TPSA) is 73.2 Å². The van der Waals surface area contributed by atoms with Crippen LogP contribution in [0, 0.1) is 34.5 Å². The monoisotopic (exact) mass is 377 g/mol. The number of imide groups is 1. The molecule has 0 aromatic heterocycles. The standard InChI is InChI=1S/C23H27N3O2/c1-22(19-4-2-15(14-24)3-5-19)20(27)26(21(28)25-22)7-6-23-11-16-8-17(12-23)10-18(9-16)13-23/h2-5,16-18H,6-13H2,1H3,(H,25,28). The highest BCUT2D eigenvalue weighted by Gasteiger charge is 2.53. The molecule has 5 fully saturated rings. The van der Waals surface area contributed by atoms with E-state index in [0.717, 1.165) is 29.7 Å². The van der Waals surface area contributed by atoms with Gasteiger partial charge in [0.1, 0.15) is 5.54 Å². The van der Waals surface area contributed by atoms with Crippen LogP contribution < -0.4 is 5.32 Å². The quantitative estimate of drug-likeness (QED) is 0.808. The maximum absolute atomic E-state index is 13.2. The second-order valence-electron chi connectivity index (χ2n) is 9.87. The van der Waals surface area contributed by atoms with E-state index in [1.165, 1.54) is 43.4 Å². The van der Waals surface area contributed by atoms with Crippen LogP contribution in [0.3, 0.4) is 0 Å². The van der Waals surface area contributed by atoms with Crippen LogP contribution in [0.1, 0.15) is 63.0 Å². The van der Waals surface area contributed by atoms with Crippen LogP contribution in [-0.4, -0.2) is 23.4 Å². The zero-order chi connectivity index (χ0) is 19.5. The number of nitrogens with zero attached hydrogens (tertiary/aromatic N) is 2. The number of hydrogen-bond donors (Lipinski definition) is 1. The fourth-order valence-corrected chi connectivity index (χ4v) is 6.92. The van der Waals surface area contributed by atoms with Gasteiger partial charge in [-0.05, 0) is 92.7 Å². The summed E-state index contributed by atoms with van der Waals surface area (Å²) < 4.78 is 0. The maximum Gasteiger partial charge on any atom is 0.325 e. The van der Waals surface area contributed by atoms with E-state index in [1.54, 1.807) is 31.2 Å². The Morgan fingerprint density at radius 3 is 2.18 bits per heavy atom. The molecule has 4 aliphatic carbocycles. The SMILES string of the molecule is CC1(c2ccc(C#N)cc2)NC(=O)N(CCC23CC4CC(CC(C4)C2)C3)C1=O. The van der Waals surface area contributed by atoms with Crippen LogP contribution in [0.2, 0.25) is 0 Å². The van der Waals surface area contributed by atoms with E-state index in [1.807, 2.05) is 0 Å². The Labute approximate surface area is 166 Å². The number of hydrogen-bond acceptors (Lipinski definition) is 3. The zero-order valence-corrected chi connectivity index (χ0v) is 16.4. The van der Waals surface area contributed by atoms with Gasteiger partial charge >= 0.3 is 6.03 Å². The second-order valence-corrected chi connectivity index (χ2v) is 9.87. The van der Waals surface area contributed by atoms with Gasteiger partial charge in [0.2, 0.25) is 0 Å². The van der Waals surface area contributed by atoms with Crippen molar-refractivity contribution < 1.29 is 9.59 Å². The Kier molecular flexibility index (Phi) is 3.84. The molecule has 0 spiro atoms. The predicted octanol–water partition coefficient (Wildman–Crippen LogP) is 3.93. The summed E-state index contributed by atoms with van der Waals surface area (Å²) in [6.45, 7) is 2.28. The molecule has 1 unspecified atom stereocenters. The van der Waals surface area contributed by atoms with Gasteiger partial charge in [0.05, 0.1) is 11.6 Å². The maximum atomic E-state index is 13.2. The third-order valence-corrected chi connectivity index (χ3v) is 7.90. The number of nitrogens with one attached hydrogen (secondary N) is 1. The molecule has 5 aliphatic rings. The molecule has 1 aromatic rings. The highest BCUT2D eigenvalue weighted by Crippen LogP contribution is 2.61. The van der Waals surface area contributed by atoms with Crippen molar-refractivity contribution in [3.63, 3.8) is 0 Å². The number of amides is 3. The fourth-order valence-electron chi connectivity index (χ4n) is 6.92. The fraction of sp³-hybridized carbons (Fsp3) is 0.609. The van der Waals surface area contributed by atoms with E-state index in [9.17, 15) is 9.59 Å². The van der Waals surface area contributed by atoms with Crippen molar-refractivity contribution in [3.8, 4) is 6.07 Å². The summed E-state index contributed by atoms with van der Waals surface area (Å²) in [6.07, 6.45) is 9.01.